The molecule has 0 radical (unpaired) electrons. The van der Waals surface area contributed by atoms with E-state index >= 15 is 0 Å². The molecule has 1 fully saturated rings. The van der Waals surface area contributed by atoms with Crippen LogP contribution in [0.15, 0.2) is 27.8 Å². The van der Waals surface area contributed by atoms with Gasteiger partial charge in [0, 0.05) is 29.8 Å². The van der Waals surface area contributed by atoms with Crippen molar-refractivity contribution in [2.75, 3.05) is 6.54 Å². The fourth-order valence-corrected chi connectivity index (χ4v) is 3.78. The largest absolute Gasteiger partial charge is 0.274 e. The van der Waals surface area contributed by atoms with Gasteiger partial charge in [-0.15, -0.1) is 0 Å². The molecule has 0 N–H and O–H groups in total. The summed E-state index contributed by atoms with van der Waals surface area (Å²) in [6.07, 6.45) is 3.02. The maximum Gasteiger partial charge on any atom is 0.268 e. The first kappa shape index (κ1) is 12.5. The summed E-state index contributed by atoms with van der Waals surface area (Å²) in [5.74, 6) is -0.283. The molecule has 92 valence electrons. The average Bonchev–Trinajstić information content (AvgIpc) is 2.58. The summed E-state index contributed by atoms with van der Waals surface area (Å²) in [5.41, 5.74) is 0. The van der Waals surface area contributed by atoms with Crippen LogP contribution >= 0.6 is 15.9 Å². The van der Waals surface area contributed by atoms with Crippen LogP contribution in [0.2, 0.25) is 0 Å². The number of hydrogen-bond donors (Lipinski definition) is 0. The third-order valence-corrected chi connectivity index (χ3v) is 4.73. The summed E-state index contributed by atoms with van der Waals surface area (Å²) in [6, 6.07) is 1.44. The van der Waals surface area contributed by atoms with E-state index in [2.05, 4.69) is 20.9 Å². The van der Waals surface area contributed by atoms with E-state index in [1.807, 2.05) is 6.92 Å². The Morgan fingerprint density at radius 2 is 2.18 bits per heavy atom. The van der Waals surface area contributed by atoms with Crippen LogP contribution in [0.25, 0.3) is 0 Å². The molecule has 5 nitrogen and oxygen atoms in total. The van der Waals surface area contributed by atoms with Gasteiger partial charge >= 0.3 is 0 Å². The number of carbonyl (C=O) groups is 1. The number of sulfonamides is 1. The summed E-state index contributed by atoms with van der Waals surface area (Å²) >= 11 is 3.16. The molecule has 1 aromatic heterocycles. The number of hydrogen-bond acceptors (Lipinski definition) is 4. The molecule has 2 rings (SSSR count). The number of amides is 1. The van der Waals surface area contributed by atoms with Crippen molar-refractivity contribution >= 4 is 31.9 Å². The lowest BCUT2D eigenvalue weighted by molar-refractivity contribution is -0.123. The maximum absolute atomic E-state index is 12.2. The first-order chi connectivity index (χ1) is 7.91. The van der Waals surface area contributed by atoms with Gasteiger partial charge in [0.2, 0.25) is 5.91 Å². The fraction of sp³-hybridized carbons (Fsp3) is 0.400. The third kappa shape index (κ3) is 2.35. The van der Waals surface area contributed by atoms with Gasteiger partial charge in [-0.25, -0.2) is 12.7 Å². The summed E-state index contributed by atoms with van der Waals surface area (Å²) < 4.78 is 25.9. The van der Waals surface area contributed by atoms with E-state index in [9.17, 15) is 13.2 Å². The topological polar surface area (TPSA) is 67.3 Å². The smallest absolute Gasteiger partial charge is 0.268 e. The predicted octanol–water partition coefficient (Wildman–Crippen LogP) is 1.40. The fourth-order valence-electron chi connectivity index (χ4n) is 1.74. The van der Waals surface area contributed by atoms with Gasteiger partial charge in [0.25, 0.3) is 10.0 Å². The SMILES string of the molecule is C[C@H]1CC(=O)N(S(=O)(=O)c2cncc(Br)c2)C1. The van der Waals surface area contributed by atoms with Crippen molar-refractivity contribution in [2.24, 2.45) is 5.92 Å². The lowest BCUT2D eigenvalue weighted by Gasteiger charge is -2.16. The monoisotopic (exact) mass is 318 g/mol. The Balaban J connectivity index is 2.41. The second-order valence-corrected chi connectivity index (χ2v) is 6.86. The van der Waals surface area contributed by atoms with Crippen LogP contribution in [-0.4, -0.2) is 30.2 Å². The summed E-state index contributed by atoms with van der Waals surface area (Å²) in [7, 11) is -3.75. The Morgan fingerprint density at radius 1 is 1.47 bits per heavy atom. The molecule has 1 saturated heterocycles. The molecule has 0 bridgehead atoms. The van der Waals surface area contributed by atoms with Crippen molar-refractivity contribution in [3.05, 3.63) is 22.9 Å². The van der Waals surface area contributed by atoms with Gasteiger partial charge in [-0.3, -0.25) is 9.78 Å². The molecule has 2 heterocycles. The Bertz CT molecular complexity index is 558. The normalized spacial score (nSPS) is 20.9. The van der Waals surface area contributed by atoms with Crippen LogP contribution in [0, 0.1) is 5.92 Å². The van der Waals surface area contributed by atoms with Crippen LogP contribution in [0.5, 0.6) is 0 Å². The number of rotatable bonds is 2. The van der Waals surface area contributed by atoms with Crippen molar-refractivity contribution in [1.82, 2.24) is 9.29 Å². The first-order valence-electron chi connectivity index (χ1n) is 5.07. The van der Waals surface area contributed by atoms with Gasteiger partial charge in [-0.05, 0) is 27.9 Å². The lowest BCUT2D eigenvalue weighted by atomic mass is 10.2. The molecule has 0 spiro atoms. The maximum atomic E-state index is 12.2. The third-order valence-electron chi connectivity index (χ3n) is 2.55. The van der Waals surface area contributed by atoms with E-state index in [-0.39, 0.29) is 29.7 Å². The zero-order chi connectivity index (χ0) is 12.6. The van der Waals surface area contributed by atoms with Crippen LogP contribution in [0.4, 0.5) is 0 Å². The van der Waals surface area contributed by atoms with E-state index in [1.165, 1.54) is 18.5 Å². The van der Waals surface area contributed by atoms with Gasteiger partial charge < -0.3 is 0 Å². The van der Waals surface area contributed by atoms with Gasteiger partial charge in [-0.1, -0.05) is 6.92 Å². The first-order valence-corrected chi connectivity index (χ1v) is 7.30. The van der Waals surface area contributed by atoms with Gasteiger partial charge in [0.05, 0.1) is 0 Å². The number of aromatic nitrogens is 1. The van der Waals surface area contributed by atoms with Crippen molar-refractivity contribution in [3.8, 4) is 0 Å². The minimum atomic E-state index is -3.75. The molecule has 0 aromatic carbocycles. The van der Waals surface area contributed by atoms with Crippen molar-refractivity contribution in [2.45, 2.75) is 18.2 Å². The minimum Gasteiger partial charge on any atom is -0.274 e. The number of carbonyl (C=O) groups excluding carboxylic acids is 1. The standard InChI is InChI=1S/C10H11BrN2O3S/c1-7-2-10(14)13(6-7)17(15,16)9-3-8(11)4-12-5-9/h3-5,7H,2,6H2,1H3/t7-/m0/s1. The lowest BCUT2D eigenvalue weighted by Crippen LogP contribution is -2.32. The zero-order valence-corrected chi connectivity index (χ0v) is 11.5. The van der Waals surface area contributed by atoms with Crippen molar-refractivity contribution in [1.29, 1.82) is 0 Å². The molecular weight excluding hydrogens is 308 g/mol. The second-order valence-electron chi connectivity index (χ2n) is 4.08. The zero-order valence-electron chi connectivity index (χ0n) is 9.13. The van der Waals surface area contributed by atoms with Gasteiger partial charge in [0.1, 0.15) is 4.90 Å². The highest BCUT2D eigenvalue weighted by atomic mass is 79.9. The average molecular weight is 319 g/mol. The predicted molar refractivity (Wildman–Crippen MR) is 64.6 cm³/mol. The van der Waals surface area contributed by atoms with Gasteiger partial charge in [0.15, 0.2) is 0 Å². The molecule has 0 aliphatic carbocycles. The van der Waals surface area contributed by atoms with E-state index < -0.39 is 10.0 Å². The molecule has 0 unspecified atom stereocenters. The molecular formula is C10H11BrN2O3S. The number of nitrogens with zero attached hydrogens (tertiary/aromatic N) is 2. The summed E-state index contributed by atoms with van der Waals surface area (Å²) in [6.45, 7) is 2.10. The highest BCUT2D eigenvalue weighted by Gasteiger charge is 2.36. The Hall–Kier alpha value is -0.950. The van der Waals surface area contributed by atoms with E-state index in [0.29, 0.717) is 4.47 Å². The summed E-state index contributed by atoms with van der Waals surface area (Å²) in [4.78, 5) is 15.4. The van der Waals surface area contributed by atoms with E-state index in [0.717, 1.165) is 4.31 Å². The summed E-state index contributed by atoms with van der Waals surface area (Å²) in [5, 5.41) is 0. The highest BCUT2D eigenvalue weighted by Crippen LogP contribution is 2.25. The number of pyridine rings is 1. The molecule has 1 amide bonds. The minimum absolute atomic E-state index is 0.0364. The molecule has 17 heavy (non-hydrogen) atoms. The van der Waals surface area contributed by atoms with E-state index in [1.54, 1.807) is 0 Å². The van der Waals surface area contributed by atoms with Crippen LogP contribution in [-0.2, 0) is 14.8 Å². The Morgan fingerprint density at radius 3 is 2.71 bits per heavy atom. The van der Waals surface area contributed by atoms with Gasteiger partial charge in [-0.2, -0.15) is 0 Å². The molecule has 1 aromatic rings. The van der Waals surface area contributed by atoms with E-state index in [4.69, 9.17) is 0 Å². The second kappa shape index (κ2) is 4.38. The van der Waals surface area contributed by atoms with Crippen LogP contribution in [0.3, 0.4) is 0 Å². The molecule has 1 atom stereocenters. The molecule has 0 saturated carbocycles. The number of halogens is 1. The molecule has 1 aliphatic rings. The van der Waals surface area contributed by atoms with Crippen molar-refractivity contribution in [3.63, 3.8) is 0 Å². The Kier molecular flexibility index (Phi) is 3.22. The van der Waals surface area contributed by atoms with Crippen LogP contribution < -0.4 is 0 Å². The highest BCUT2D eigenvalue weighted by molar-refractivity contribution is 9.10. The van der Waals surface area contributed by atoms with Crippen molar-refractivity contribution < 1.29 is 13.2 Å². The van der Waals surface area contributed by atoms with Crippen LogP contribution in [0.1, 0.15) is 13.3 Å². The quantitative estimate of drug-likeness (QED) is 0.826. The molecule has 1 aliphatic heterocycles. The molecule has 7 heteroatoms. The Labute approximate surface area is 108 Å².